The van der Waals surface area contributed by atoms with Gasteiger partial charge in [-0.2, -0.15) is 5.10 Å². The minimum atomic E-state index is -0.675. The lowest BCUT2D eigenvalue weighted by molar-refractivity contribution is -0.118. The molecule has 1 aromatic heterocycles. The zero-order valence-electron chi connectivity index (χ0n) is 6.80. The van der Waals surface area contributed by atoms with Crippen LogP contribution in [0.4, 0.5) is 5.82 Å². The molecule has 4 N–H and O–H groups in total. The summed E-state index contributed by atoms with van der Waals surface area (Å²) >= 11 is 5.57. The number of nitrogens with one attached hydrogen (secondary N) is 2. The maximum atomic E-state index is 11.4. The van der Waals surface area contributed by atoms with E-state index in [1.165, 1.54) is 6.07 Å². The molecule has 5 nitrogen and oxygen atoms in total. The highest BCUT2D eigenvalue weighted by molar-refractivity contribution is 6.29. The number of amides is 1. The number of H-pyrrole nitrogens is 1. The fraction of sp³-hybridized carbons (Fsp3) is 0.429. The Bertz CT molecular complexity index is 344. The van der Waals surface area contributed by atoms with Gasteiger partial charge in [-0.1, -0.05) is 11.6 Å². The Balaban J connectivity index is 2.02. The van der Waals surface area contributed by atoms with Crippen molar-refractivity contribution in [3.63, 3.8) is 0 Å². The van der Waals surface area contributed by atoms with Crippen molar-refractivity contribution in [1.29, 1.82) is 0 Å². The zero-order chi connectivity index (χ0) is 9.47. The van der Waals surface area contributed by atoms with Crippen molar-refractivity contribution in [3.05, 3.63) is 11.2 Å². The summed E-state index contributed by atoms with van der Waals surface area (Å²) in [5.41, 5.74) is 4.99. The standard InChI is InChI=1S/C7H9ClN4O/c8-4-3-5(12-11-4)10-6(13)7(9)1-2-7/h3H,1-2,9H2,(H2,10,11,12,13). The van der Waals surface area contributed by atoms with Crippen molar-refractivity contribution in [2.24, 2.45) is 5.73 Å². The molecule has 0 radical (unpaired) electrons. The number of hydrogen-bond donors (Lipinski definition) is 3. The van der Waals surface area contributed by atoms with E-state index in [0.717, 1.165) is 12.8 Å². The SMILES string of the molecule is NC1(C(=O)Nc2cc(Cl)[nH]n2)CC1. The van der Waals surface area contributed by atoms with Crippen LogP contribution in [0.5, 0.6) is 0 Å². The molecule has 1 saturated carbocycles. The van der Waals surface area contributed by atoms with Gasteiger partial charge in [0, 0.05) is 6.07 Å². The van der Waals surface area contributed by atoms with E-state index in [4.69, 9.17) is 17.3 Å². The number of hydrogen-bond acceptors (Lipinski definition) is 3. The van der Waals surface area contributed by atoms with Crippen LogP contribution < -0.4 is 11.1 Å². The molecule has 1 amide bonds. The topological polar surface area (TPSA) is 83.8 Å². The Kier molecular flexibility index (Phi) is 1.78. The number of carbonyl (C=O) groups excluding carboxylic acids is 1. The monoisotopic (exact) mass is 200 g/mol. The molecule has 0 spiro atoms. The van der Waals surface area contributed by atoms with Gasteiger partial charge in [0.25, 0.3) is 0 Å². The first-order valence-corrected chi connectivity index (χ1v) is 4.29. The first kappa shape index (κ1) is 8.52. The zero-order valence-corrected chi connectivity index (χ0v) is 7.56. The molecular formula is C7H9ClN4O. The van der Waals surface area contributed by atoms with E-state index in [1.54, 1.807) is 0 Å². The average molecular weight is 201 g/mol. The number of nitrogens with zero attached hydrogens (tertiary/aromatic N) is 1. The summed E-state index contributed by atoms with van der Waals surface area (Å²) in [7, 11) is 0. The van der Waals surface area contributed by atoms with Crippen LogP contribution in [0.2, 0.25) is 5.15 Å². The second-order valence-electron chi connectivity index (χ2n) is 3.21. The highest BCUT2D eigenvalue weighted by atomic mass is 35.5. The molecule has 0 saturated heterocycles. The van der Waals surface area contributed by atoms with Crippen LogP contribution in [0, 0.1) is 0 Å². The summed E-state index contributed by atoms with van der Waals surface area (Å²) in [5, 5.41) is 9.22. The molecule has 0 atom stereocenters. The molecule has 1 aromatic rings. The molecule has 0 aromatic carbocycles. The first-order valence-electron chi connectivity index (χ1n) is 3.91. The number of halogens is 1. The van der Waals surface area contributed by atoms with E-state index in [9.17, 15) is 4.79 Å². The van der Waals surface area contributed by atoms with Crippen molar-refractivity contribution in [3.8, 4) is 0 Å². The number of carbonyl (C=O) groups is 1. The Morgan fingerprint density at radius 1 is 1.77 bits per heavy atom. The molecule has 70 valence electrons. The van der Waals surface area contributed by atoms with Gasteiger partial charge in [0.15, 0.2) is 5.82 Å². The van der Waals surface area contributed by atoms with Crippen molar-refractivity contribution >= 4 is 23.3 Å². The second-order valence-corrected chi connectivity index (χ2v) is 3.62. The minimum absolute atomic E-state index is 0.198. The van der Waals surface area contributed by atoms with Gasteiger partial charge in [-0.05, 0) is 12.8 Å². The lowest BCUT2D eigenvalue weighted by Gasteiger charge is -2.06. The van der Waals surface area contributed by atoms with Crippen LogP contribution in [0.25, 0.3) is 0 Å². The van der Waals surface area contributed by atoms with Crippen molar-refractivity contribution in [2.45, 2.75) is 18.4 Å². The van der Waals surface area contributed by atoms with Gasteiger partial charge in [0.2, 0.25) is 5.91 Å². The lowest BCUT2D eigenvalue weighted by atomic mass is 10.3. The van der Waals surface area contributed by atoms with E-state index in [2.05, 4.69) is 15.5 Å². The van der Waals surface area contributed by atoms with Crippen molar-refractivity contribution in [1.82, 2.24) is 10.2 Å². The summed E-state index contributed by atoms with van der Waals surface area (Å²) in [6, 6.07) is 1.53. The summed E-state index contributed by atoms with van der Waals surface area (Å²) < 4.78 is 0. The lowest BCUT2D eigenvalue weighted by Crippen LogP contribution is -2.37. The molecule has 1 heterocycles. The molecule has 6 heteroatoms. The summed E-state index contributed by atoms with van der Waals surface area (Å²) in [5.74, 6) is 0.211. The highest BCUT2D eigenvalue weighted by Crippen LogP contribution is 2.33. The molecule has 1 fully saturated rings. The third-order valence-corrected chi connectivity index (χ3v) is 2.22. The molecule has 0 aliphatic heterocycles. The van der Waals surface area contributed by atoms with Gasteiger partial charge in [0.05, 0.1) is 5.54 Å². The third kappa shape index (κ3) is 1.66. The minimum Gasteiger partial charge on any atom is -0.317 e. The quantitative estimate of drug-likeness (QED) is 0.650. The maximum Gasteiger partial charge on any atom is 0.245 e. The molecular weight excluding hydrogens is 192 g/mol. The third-order valence-electron chi connectivity index (χ3n) is 2.03. The van der Waals surface area contributed by atoms with Gasteiger partial charge < -0.3 is 11.1 Å². The Labute approximate surface area is 79.6 Å². The van der Waals surface area contributed by atoms with E-state index in [1.807, 2.05) is 0 Å². The van der Waals surface area contributed by atoms with Gasteiger partial charge in [-0.15, -0.1) is 0 Å². The largest absolute Gasteiger partial charge is 0.317 e. The summed E-state index contributed by atoms with van der Waals surface area (Å²) in [6.45, 7) is 0. The number of rotatable bonds is 2. The van der Waals surface area contributed by atoms with Crippen molar-refractivity contribution in [2.75, 3.05) is 5.32 Å². The molecule has 1 aliphatic rings. The van der Waals surface area contributed by atoms with Crippen LogP contribution in [0.3, 0.4) is 0 Å². The maximum absolute atomic E-state index is 11.4. The Morgan fingerprint density at radius 3 is 2.92 bits per heavy atom. The predicted molar refractivity (Wildman–Crippen MR) is 48.4 cm³/mol. The van der Waals surface area contributed by atoms with E-state index in [-0.39, 0.29) is 5.91 Å². The van der Waals surface area contributed by atoms with Crippen LogP contribution in [0.1, 0.15) is 12.8 Å². The van der Waals surface area contributed by atoms with Crippen LogP contribution in [0.15, 0.2) is 6.07 Å². The van der Waals surface area contributed by atoms with Gasteiger partial charge >= 0.3 is 0 Å². The van der Waals surface area contributed by atoms with E-state index in [0.29, 0.717) is 11.0 Å². The summed E-state index contributed by atoms with van der Waals surface area (Å²) in [6.07, 6.45) is 1.47. The van der Waals surface area contributed by atoms with Crippen LogP contribution in [-0.2, 0) is 4.79 Å². The molecule has 1 aliphatic carbocycles. The Morgan fingerprint density at radius 2 is 2.46 bits per heavy atom. The average Bonchev–Trinajstić information content (AvgIpc) is 2.69. The van der Waals surface area contributed by atoms with E-state index < -0.39 is 5.54 Å². The first-order chi connectivity index (χ1) is 6.10. The fourth-order valence-corrected chi connectivity index (χ4v) is 1.11. The smallest absolute Gasteiger partial charge is 0.245 e. The molecule has 0 bridgehead atoms. The number of nitrogens with two attached hydrogens (primary N) is 1. The van der Waals surface area contributed by atoms with Gasteiger partial charge in [-0.3, -0.25) is 9.89 Å². The van der Waals surface area contributed by atoms with Crippen molar-refractivity contribution < 1.29 is 4.79 Å². The number of aromatic amines is 1. The number of aromatic nitrogens is 2. The van der Waals surface area contributed by atoms with Crippen LogP contribution >= 0.6 is 11.6 Å². The normalized spacial score (nSPS) is 18.3. The molecule has 2 rings (SSSR count). The predicted octanol–water partition coefficient (Wildman–Crippen LogP) is 0.493. The van der Waals surface area contributed by atoms with Gasteiger partial charge in [0.1, 0.15) is 5.15 Å². The van der Waals surface area contributed by atoms with Crippen LogP contribution in [-0.4, -0.2) is 21.6 Å². The van der Waals surface area contributed by atoms with E-state index >= 15 is 0 Å². The molecule has 0 unspecified atom stereocenters. The number of anilines is 1. The van der Waals surface area contributed by atoms with Gasteiger partial charge in [-0.25, -0.2) is 0 Å². The summed E-state index contributed by atoms with van der Waals surface area (Å²) in [4.78, 5) is 11.4. The highest BCUT2D eigenvalue weighted by Gasteiger charge is 2.46. The second kappa shape index (κ2) is 2.71. The fourth-order valence-electron chi connectivity index (χ4n) is 0.965. The Hall–Kier alpha value is -1.07. The molecule has 13 heavy (non-hydrogen) atoms.